The number of thiophene rings is 1. The Morgan fingerprint density at radius 3 is 2.82 bits per heavy atom. The number of anilines is 1. The van der Waals surface area contributed by atoms with E-state index in [0.29, 0.717) is 6.61 Å². The minimum Gasteiger partial charge on any atom is -0.383 e. The minimum atomic E-state index is 0.222. The Bertz CT molecular complexity index is 598. The molecule has 1 aromatic carbocycles. The average molecular weight is 335 g/mol. The van der Waals surface area contributed by atoms with E-state index < -0.39 is 0 Å². The molecule has 1 heterocycles. The minimum absolute atomic E-state index is 0.222. The lowest BCUT2D eigenvalue weighted by Crippen LogP contribution is -2.38. The molecule has 2 aromatic rings. The van der Waals surface area contributed by atoms with Crippen LogP contribution < -0.4 is 5.32 Å². The van der Waals surface area contributed by atoms with Crippen molar-refractivity contribution in [2.75, 3.05) is 25.6 Å². The van der Waals surface area contributed by atoms with Crippen molar-refractivity contribution in [3.63, 3.8) is 0 Å². The number of benzene rings is 1. The number of nitrogens with one attached hydrogen (secondary N) is 1. The van der Waals surface area contributed by atoms with Crippen LogP contribution in [0.2, 0.25) is 0 Å². The Hall–Kier alpha value is -1.43. The molecular weight excluding hydrogens is 312 g/mol. The molecule has 0 unspecified atom stereocenters. The van der Waals surface area contributed by atoms with Crippen molar-refractivity contribution in [1.29, 1.82) is 0 Å². The van der Waals surface area contributed by atoms with Crippen molar-refractivity contribution < 1.29 is 4.74 Å². The van der Waals surface area contributed by atoms with Gasteiger partial charge in [0.05, 0.1) is 12.6 Å². The SMILES string of the molecule is COCCN(C(=S)Nc1cccc(C)c1)[C@H](C)c1cccs1. The molecule has 0 saturated carbocycles. The predicted molar refractivity (Wildman–Crippen MR) is 98.7 cm³/mol. The monoisotopic (exact) mass is 334 g/mol. The third-order valence-electron chi connectivity index (χ3n) is 3.49. The highest BCUT2D eigenvalue weighted by molar-refractivity contribution is 7.80. The standard InChI is InChI=1S/C17H22N2OS2/c1-13-6-4-7-15(12-13)18-17(21)19(9-10-20-3)14(2)16-8-5-11-22-16/h4-8,11-12,14H,9-10H2,1-3H3,(H,18,21)/t14-/m1/s1. The highest BCUT2D eigenvalue weighted by Gasteiger charge is 2.19. The van der Waals surface area contributed by atoms with Crippen molar-refractivity contribution in [1.82, 2.24) is 4.90 Å². The third-order valence-corrected chi connectivity index (χ3v) is 4.87. The van der Waals surface area contributed by atoms with Gasteiger partial charge in [0, 0.05) is 24.2 Å². The van der Waals surface area contributed by atoms with Gasteiger partial charge < -0.3 is 15.0 Å². The Labute approximate surface area is 141 Å². The Kier molecular flexibility index (Phi) is 6.36. The van der Waals surface area contributed by atoms with E-state index >= 15 is 0 Å². The van der Waals surface area contributed by atoms with Crippen molar-refractivity contribution in [3.05, 3.63) is 52.2 Å². The topological polar surface area (TPSA) is 24.5 Å². The maximum Gasteiger partial charge on any atom is 0.174 e. The molecule has 118 valence electrons. The Balaban J connectivity index is 2.12. The lowest BCUT2D eigenvalue weighted by molar-refractivity contribution is 0.166. The molecule has 1 N–H and O–H groups in total. The summed E-state index contributed by atoms with van der Waals surface area (Å²) in [5, 5.41) is 6.16. The van der Waals surface area contributed by atoms with Crippen molar-refractivity contribution in [2.24, 2.45) is 0 Å². The lowest BCUT2D eigenvalue weighted by atomic mass is 10.2. The van der Waals surface area contributed by atoms with Crippen LogP contribution in [0.1, 0.15) is 23.4 Å². The van der Waals surface area contributed by atoms with E-state index in [0.717, 1.165) is 17.3 Å². The maximum absolute atomic E-state index is 5.63. The van der Waals surface area contributed by atoms with Crippen LogP contribution in [0.15, 0.2) is 41.8 Å². The fourth-order valence-corrected chi connectivity index (χ4v) is 3.42. The molecule has 0 saturated heterocycles. The van der Waals surface area contributed by atoms with Crippen LogP contribution in [0.4, 0.5) is 5.69 Å². The first-order valence-electron chi connectivity index (χ1n) is 7.28. The van der Waals surface area contributed by atoms with E-state index in [1.54, 1.807) is 18.4 Å². The summed E-state index contributed by atoms with van der Waals surface area (Å²) in [7, 11) is 1.71. The molecule has 2 rings (SSSR count). The second-order valence-corrected chi connectivity index (χ2v) is 6.54. The average Bonchev–Trinajstić information content (AvgIpc) is 3.01. The first-order valence-corrected chi connectivity index (χ1v) is 8.57. The summed E-state index contributed by atoms with van der Waals surface area (Å²) < 4.78 is 5.23. The van der Waals surface area contributed by atoms with Crippen LogP contribution in [0.3, 0.4) is 0 Å². The van der Waals surface area contributed by atoms with Gasteiger partial charge in [-0.05, 0) is 55.2 Å². The number of aryl methyl sites for hydroxylation is 1. The quantitative estimate of drug-likeness (QED) is 0.788. The summed E-state index contributed by atoms with van der Waals surface area (Å²) in [6, 6.07) is 12.7. The number of hydrogen-bond donors (Lipinski definition) is 1. The number of thiocarbonyl (C=S) groups is 1. The number of hydrogen-bond acceptors (Lipinski definition) is 3. The zero-order valence-corrected chi connectivity index (χ0v) is 14.8. The number of methoxy groups -OCH3 is 1. The second-order valence-electron chi connectivity index (χ2n) is 5.18. The molecule has 22 heavy (non-hydrogen) atoms. The van der Waals surface area contributed by atoms with Gasteiger partial charge in [-0.2, -0.15) is 0 Å². The molecular formula is C17H22N2OS2. The number of ether oxygens (including phenoxy) is 1. The molecule has 0 bridgehead atoms. The van der Waals surface area contributed by atoms with Gasteiger partial charge in [-0.1, -0.05) is 18.2 Å². The Morgan fingerprint density at radius 2 is 2.18 bits per heavy atom. The van der Waals surface area contributed by atoms with Crippen LogP contribution in [-0.4, -0.2) is 30.3 Å². The molecule has 3 nitrogen and oxygen atoms in total. The van der Waals surface area contributed by atoms with Gasteiger partial charge >= 0.3 is 0 Å². The van der Waals surface area contributed by atoms with E-state index in [2.05, 4.69) is 53.7 Å². The number of rotatable bonds is 6. The maximum atomic E-state index is 5.63. The Morgan fingerprint density at radius 1 is 1.36 bits per heavy atom. The fraction of sp³-hybridized carbons (Fsp3) is 0.353. The zero-order chi connectivity index (χ0) is 15.9. The fourth-order valence-electron chi connectivity index (χ4n) is 2.26. The molecule has 0 aliphatic rings. The molecule has 1 aromatic heterocycles. The predicted octanol–water partition coefficient (Wildman–Crippen LogP) is 4.46. The van der Waals surface area contributed by atoms with Crippen LogP contribution in [0.5, 0.6) is 0 Å². The van der Waals surface area contributed by atoms with E-state index in [-0.39, 0.29) is 6.04 Å². The molecule has 0 aliphatic carbocycles. The third kappa shape index (κ3) is 4.53. The van der Waals surface area contributed by atoms with E-state index in [1.165, 1.54) is 10.4 Å². The van der Waals surface area contributed by atoms with Crippen LogP contribution in [-0.2, 0) is 4.74 Å². The normalized spacial score (nSPS) is 12.0. The van der Waals surface area contributed by atoms with E-state index in [9.17, 15) is 0 Å². The second kappa shape index (κ2) is 8.27. The molecule has 1 atom stereocenters. The van der Waals surface area contributed by atoms with E-state index in [4.69, 9.17) is 17.0 Å². The summed E-state index contributed by atoms with van der Waals surface area (Å²) in [5.74, 6) is 0. The van der Waals surface area contributed by atoms with Crippen molar-refractivity contribution in [2.45, 2.75) is 19.9 Å². The van der Waals surface area contributed by atoms with Gasteiger partial charge in [0.15, 0.2) is 5.11 Å². The first-order chi connectivity index (χ1) is 10.6. The van der Waals surface area contributed by atoms with Crippen molar-refractivity contribution in [3.8, 4) is 0 Å². The summed E-state index contributed by atoms with van der Waals surface area (Å²) in [6.45, 7) is 5.65. The summed E-state index contributed by atoms with van der Waals surface area (Å²) in [6.07, 6.45) is 0. The van der Waals surface area contributed by atoms with Gasteiger partial charge in [-0.15, -0.1) is 11.3 Å². The molecule has 0 aliphatic heterocycles. The smallest absolute Gasteiger partial charge is 0.174 e. The van der Waals surface area contributed by atoms with Crippen LogP contribution in [0, 0.1) is 6.92 Å². The summed E-state index contributed by atoms with van der Waals surface area (Å²) in [4.78, 5) is 3.47. The summed E-state index contributed by atoms with van der Waals surface area (Å²) >= 11 is 7.38. The largest absolute Gasteiger partial charge is 0.383 e. The van der Waals surface area contributed by atoms with Gasteiger partial charge in [-0.25, -0.2) is 0 Å². The summed E-state index contributed by atoms with van der Waals surface area (Å²) in [5.41, 5.74) is 2.23. The zero-order valence-electron chi connectivity index (χ0n) is 13.2. The van der Waals surface area contributed by atoms with Crippen molar-refractivity contribution >= 4 is 34.4 Å². The molecule has 5 heteroatoms. The highest BCUT2D eigenvalue weighted by Crippen LogP contribution is 2.25. The lowest BCUT2D eigenvalue weighted by Gasteiger charge is -2.31. The number of nitrogens with zero attached hydrogens (tertiary/aromatic N) is 1. The van der Waals surface area contributed by atoms with Gasteiger partial charge in [0.25, 0.3) is 0 Å². The van der Waals surface area contributed by atoms with Crippen LogP contribution >= 0.6 is 23.6 Å². The molecule has 0 amide bonds. The van der Waals surface area contributed by atoms with Crippen LogP contribution in [0.25, 0.3) is 0 Å². The van der Waals surface area contributed by atoms with Gasteiger partial charge in [0.1, 0.15) is 0 Å². The first kappa shape index (κ1) is 16.9. The van der Waals surface area contributed by atoms with Gasteiger partial charge in [0.2, 0.25) is 0 Å². The molecule has 0 radical (unpaired) electrons. The molecule has 0 fully saturated rings. The molecule has 0 spiro atoms. The van der Waals surface area contributed by atoms with Gasteiger partial charge in [-0.3, -0.25) is 0 Å². The highest BCUT2D eigenvalue weighted by atomic mass is 32.1. The van der Waals surface area contributed by atoms with E-state index in [1.807, 2.05) is 12.1 Å².